The number of carbonyl (C=O) groups excluding carboxylic acids is 1. The molecule has 26 heavy (non-hydrogen) atoms. The van der Waals surface area contributed by atoms with Gasteiger partial charge in [-0.2, -0.15) is 5.10 Å². The van der Waals surface area contributed by atoms with E-state index in [1.54, 1.807) is 29.1 Å². The molecule has 7 nitrogen and oxygen atoms in total. The van der Waals surface area contributed by atoms with Crippen LogP contribution in [0, 0.1) is 6.92 Å². The fourth-order valence-corrected chi connectivity index (χ4v) is 2.78. The van der Waals surface area contributed by atoms with Crippen LogP contribution in [0.4, 0.5) is 17.3 Å². The molecule has 0 saturated carbocycles. The third kappa shape index (κ3) is 3.94. The summed E-state index contributed by atoms with van der Waals surface area (Å²) in [5.74, 6) is 0.989. The van der Waals surface area contributed by atoms with E-state index in [9.17, 15) is 4.79 Å². The molecule has 4 N–H and O–H groups in total. The third-order valence-electron chi connectivity index (χ3n) is 3.87. The minimum Gasteiger partial charge on any atom is -0.380 e. The van der Waals surface area contributed by atoms with E-state index >= 15 is 0 Å². The van der Waals surface area contributed by atoms with Crippen LogP contribution in [0.5, 0.6) is 0 Å². The predicted octanol–water partition coefficient (Wildman–Crippen LogP) is 3.23. The van der Waals surface area contributed by atoms with Crippen LogP contribution in [0.15, 0.2) is 42.6 Å². The Balaban J connectivity index is 1.78. The minimum atomic E-state index is -0.461. The lowest BCUT2D eigenvalue weighted by atomic mass is 10.1. The van der Waals surface area contributed by atoms with Gasteiger partial charge in [0, 0.05) is 31.3 Å². The Hall–Kier alpha value is -3.06. The average Bonchev–Trinajstić information content (AvgIpc) is 2.92. The summed E-state index contributed by atoms with van der Waals surface area (Å²) in [4.78, 5) is 15.8. The standard InChI is InChI=1S/C18H19ClN6O/c1-11-7-17(25(2)24-11)23-16-8-15(14(19)10-22-16)21-9-12-5-3-4-6-13(12)18(20)26/h3-8,10H,9H2,1-2H3,(H2,20,26)(H2,21,22,23). The Labute approximate surface area is 156 Å². The van der Waals surface area contributed by atoms with Crippen molar-refractivity contribution < 1.29 is 4.79 Å². The van der Waals surface area contributed by atoms with Crippen molar-refractivity contribution in [3.05, 3.63) is 64.4 Å². The van der Waals surface area contributed by atoms with E-state index in [0.29, 0.717) is 28.6 Å². The highest BCUT2D eigenvalue weighted by Crippen LogP contribution is 2.26. The third-order valence-corrected chi connectivity index (χ3v) is 4.17. The van der Waals surface area contributed by atoms with Gasteiger partial charge in [-0.25, -0.2) is 4.98 Å². The molecule has 0 fully saturated rings. The van der Waals surface area contributed by atoms with Gasteiger partial charge in [-0.05, 0) is 18.6 Å². The monoisotopic (exact) mass is 370 g/mol. The van der Waals surface area contributed by atoms with Crippen LogP contribution in [-0.2, 0) is 13.6 Å². The van der Waals surface area contributed by atoms with Crippen LogP contribution >= 0.6 is 11.6 Å². The molecule has 3 aromatic rings. The number of rotatable bonds is 6. The first-order valence-corrected chi connectivity index (χ1v) is 8.36. The first-order chi connectivity index (χ1) is 12.4. The zero-order valence-electron chi connectivity index (χ0n) is 14.5. The van der Waals surface area contributed by atoms with Crippen LogP contribution in [0.2, 0.25) is 5.02 Å². The van der Waals surface area contributed by atoms with Gasteiger partial charge < -0.3 is 16.4 Å². The van der Waals surface area contributed by atoms with Gasteiger partial charge in [0.2, 0.25) is 5.91 Å². The number of carbonyl (C=O) groups is 1. The number of nitrogens with zero attached hydrogens (tertiary/aromatic N) is 3. The van der Waals surface area contributed by atoms with Gasteiger partial charge in [0.25, 0.3) is 0 Å². The quantitative estimate of drug-likeness (QED) is 0.618. The van der Waals surface area contributed by atoms with Gasteiger partial charge in [0.1, 0.15) is 11.6 Å². The molecule has 0 aliphatic carbocycles. The van der Waals surface area contributed by atoms with Crippen molar-refractivity contribution in [2.45, 2.75) is 13.5 Å². The second kappa shape index (κ2) is 7.45. The highest BCUT2D eigenvalue weighted by atomic mass is 35.5. The van der Waals surface area contributed by atoms with E-state index in [-0.39, 0.29) is 0 Å². The number of aryl methyl sites for hydroxylation is 2. The SMILES string of the molecule is Cc1cc(Nc2cc(NCc3ccccc3C(N)=O)c(Cl)cn2)n(C)n1. The number of amides is 1. The first-order valence-electron chi connectivity index (χ1n) is 7.99. The number of benzene rings is 1. The van der Waals surface area contributed by atoms with Gasteiger partial charge in [-0.3, -0.25) is 9.48 Å². The minimum absolute atomic E-state index is 0.410. The number of hydrogen-bond acceptors (Lipinski definition) is 5. The summed E-state index contributed by atoms with van der Waals surface area (Å²) in [5.41, 5.74) is 8.30. The van der Waals surface area contributed by atoms with Crippen molar-refractivity contribution in [2.24, 2.45) is 12.8 Å². The second-order valence-electron chi connectivity index (χ2n) is 5.84. The molecule has 2 heterocycles. The van der Waals surface area contributed by atoms with E-state index in [2.05, 4.69) is 20.7 Å². The summed E-state index contributed by atoms with van der Waals surface area (Å²) in [7, 11) is 1.85. The molecule has 0 aliphatic rings. The van der Waals surface area contributed by atoms with Crippen LogP contribution in [0.1, 0.15) is 21.6 Å². The number of hydrogen-bond donors (Lipinski definition) is 3. The number of pyridine rings is 1. The molecule has 1 aromatic carbocycles. The number of halogens is 1. The number of primary amides is 1. The largest absolute Gasteiger partial charge is 0.380 e. The molecule has 8 heteroatoms. The summed E-state index contributed by atoms with van der Waals surface area (Å²) >= 11 is 6.24. The Kier molecular flexibility index (Phi) is 5.09. The Bertz CT molecular complexity index is 953. The maximum atomic E-state index is 11.5. The molecule has 3 rings (SSSR count). The first kappa shape index (κ1) is 17.8. The van der Waals surface area contributed by atoms with Gasteiger partial charge >= 0.3 is 0 Å². The van der Waals surface area contributed by atoms with Crippen molar-refractivity contribution in [1.82, 2.24) is 14.8 Å². The van der Waals surface area contributed by atoms with Crippen LogP contribution < -0.4 is 16.4 Å². The summed E-state index contributed by atoms with van der Waals surface area (Å²) in [6.07, 6.45) is 1.56. The molecule has 0 bridgehead atoms. The fraction of sp³-hybridized carbons (Fsp3) is 0.167. The topological polar surface area (TPSA) is 97.9 Å². The smallest absolute Gasteiger partial charge is 0.249 e. The molecule has 0 aliphatic heterocycles. The van der Waals surface area contributed by atoms with E-state index < -0.39 is 5.91 Å². The van der Waals surface area contributed by atoms with Gasteiger partial charge in [-0.1, -0.05) is 29.8 Å². The molecule has 0 unspecified atom stereocenters. The molecular weight excluding hydrogens is 352 g/mol. The summed E-state index contributed by atoms with van der Waals surface area (Å²) in [5, 5.41) is 11.2. The van der Waals surface area contributed by atoms with Crippen molar-refractivity contribution >= 4 is 34.8 Å². The normalized spacial score (nSPS) is 10.6. The molecular formula is C18H19ClN6O. The predicted molar refractivity (Wildman–Crippen MR) is 103 cm³/mol. The second-order valence-corrected chi connectivity index (χ2v) is 6.25. The van der Waals surface area contributed by atoms with Gasteiger partial charge in [-0.15, -0.1) is 0 Å². The zero-order chi connectivity index (χ0) is 18.7. The lowest BCUT2D eigenvalue weighted by molar-refractivity contribution is 0.0999. The highest BCUT2D eigenvalue weighted by Gasteiger charge is 2.10. The summed E-state index contributed by atoms with van der Waals surface area (Å²) in [6.45, 7) is 2.33. The molecule has 0 spiro atoms. The number of nitrogens with two attached hydrogens (primary N) is 1. The molecule has 134 valence electrons. The highest BCUT2D eigenvalue weighted by molar-refractivity contribution is 6.33. The zero-order valence-corrected chi connectivity index (χ0v) is 15.2. The lowest BCUT2D eigenvalue weighted by Gasteiger charge is -2.12. The maximum absolute atomic E-state index is 11.5. The van der Waals surface area contributed by atoms with Gasteiger partial charge in [0.15, 0.2) is 0 Å². The van der Waals surface area contributed by atoms with E-state index in [4.69, 9.17) is 17.3 Å². The van der Waals surface area contributed by atoms with Crippen molar-refractivity contribution in [3.63, 3.8) is 0 Å². The summed E-state index contributed by atoms with van der Waals surface area (Å²) in [6, 6.07) is 10.9. The molecule has 1 amide bonds. The van der Waals surface area contributed by atoms with Crippen LogP contribution in [0.3, 0.4) is 0 Å². The van der Waals surface area contributed by atoms with E-state index in [1.807, 2.05) is 32.2 Å². The Morgan fingerprint density at radius 1 is 1.31 bits per heavy atom. The number of aromatic nitrogens is 3. The van der Waals surface area contributed by atoms with Crippen molar-refractivity contribution in [1.29, 1.82) is 0 Å². The lowest BCUT2D eigenvalue weighted by Crippen LogP contribution is -2.15. The van der Waals surface area contributed by atoms with Crippen molar-refractivity contribution in [3.8, 4) is 0 Å². The molecule has 2 aromatic heterocycles. The Morgan fingerprint density at radius 3 is 2.77 bits per heavy atom. The van der Waals surface area contributed by atoms with E-state index in [0.717, 1.165) is 17.1 Å². The van der Waals surface area contributed by atoms with Crippen LogP contribution in [-0.4, -0.2) is 20.7 Å². The fourth-order valence-electron chi connectivity index (χ4n) is 2.61. The number of nitrogens with one attached hydrogen (secondary N) is 2. The molecule has 0 saturated heterocycles. The van der Waals surface area contributed by atoms with E-state index in [1.165, 1.54) is 0 Å². The molecule has 0 radical (unpaired) electrons. The Morgan fingerprint density at radius 2 is 2.08 bits per heavy atom. The average molecular weight is 371 g/mol. The van der Waals surface area contributed by atoms with Gasteiger partial charge in [0.05, 0.1) is 22.6 Å². The van der Waals surface area contributed by atoms with Crippen LogP contribution in [0.25, 0.3) is 0 Å². The number of anilines is 3. The summed E-state index contributed by atoms with van der Waals surface area (Å²) < 4.78 is 1.74. The van der Waals surface area contributed by atoms with Crippen molar-refractivity contribution in [2.75, 3.05) is 10.6 Å². The maximum Gasteiger partial charge on any atom is 0.249 e. The molecule has 0 atom stereocenters.